The first-order valence-corrected chi connectivity index (χ1v) is 10.8. The van der Waals surface area contributed by atoms with Crippen molar-refractivity contribution in [3.63, 3.8) is 0 Å². The van der Waals surface area contributed by atoms with E-state index in [0.29, 0.717) is 18.2 Å². The lowest BCUT2D eigenvalue weighted by Gasteiger charge is -2.18. The molecule has 0 N–H and O–H groups in total. The Morgan fingerprint density at radius 1 is 1.30 bits per heavy atom. The molecule has 140 valence electrons. The van der Waals surface area contributed by atoms with Crippen molar-refractivity contribution in [2.75, 3.05) is 25.7 Å². The summed E-state index contributed by atoms with van der Waals surface area (Å²) in [6.07, 6.45) is 4.00. The molecule has 0 aliphatic carbocycles. The number of hydrogen-bond donors (Lipinski definition) is 0. The van der Waals surface area contributed by atoms with Gasteiger partial charge in [-0.1, -0.05) is 29.8 Å². The van der Waals surface area contributed by atoms with Gasteiger partial charge >= 0.3 is 0 Å². The van der Waals surface area contributed by atoms with Gasteiger partial charge in [-0.15, -0.1) is 0 Å². The third-order valence-electron chi connectivity index (χ3n) is 4.66. The highest BCUT2D eigenvalue weighted by Gasteiger charge is 2.39. The number of benzene rings is 1. The highest BCUT2D eigenvalue weighted by atomic mass is 35.5. The third-order valence-corrected chi connectivity index (χ3v) is 6.86. The number of hydrogen-bond acceptors (Lipinski definition) is 4. The van der Waals surface area contributed by atoms with E-state index in [2.05, 4.69) is 16.5 Å². The summed E-state index contributed by atoms with van der Waals surface area (Å²) in [5.41, 5.74) is 4.28. The van der Waals surface area contributed by atoms with Gasteiger partial charge in [0, 0.05) is 37.6 Å². The molecule has 3 heterocycles. The summed E-state index contributed by atoms with van der Waals surface area (Å²) >= 11 is 12.8. The van der Waals surface area contributed by atoms with Crippen LogP contribution >= 0.6 is 33.8 Å². The summed E-state index contributed by atoms with van der Waals surface area (Å²) in [4.78, 5) is 21.3. The van der Waals surface area contributed by atoms with Crippen molar-refractivity contribution in [1.82, 2.24) is 9.32 Å². The van der Waals surface area contributed by atoms with Crippen molar-refractivity contribution < 1.29 is 4.79 Å². The lowest BCUT2D eigenvalue weighted by molar-refractivity contribution is 0.0827. The third kappa shape index (κ3) is 3.02. The maximum absolute atomic E-state index is 12.7. The topological polar surface area (TPSA) is 39.2 Å². The second-order valence-corrected chi connectivity index (χ2v) is 9.28. The van der Waals surface area contributed by atoms with E-state index in [-0.39, 0.29) is 16.4 Å². The van der Waals surface area contributed by atoms with Crippen molar-refractivity contribution in [2.24, 2.45) is 11.2 Å². The van der Waals surface area contributed by atoms with E-state index in [9.17, 15) is 4.79 Å². The van der Waals surface area contributed by atoms with Crippen LogP contribution in [0, 0.1) is 0 Å². The highest BCUT2D eigenvalue weighted by molar-refractivity contribution is 7.32. The Kier molecular flexibility index (Phi) is 4.66. The molecule has 0 radical (unpaired) electrons. The van der Waals surface area contributed by atoms with Crippen molar-refractivity contribution in [3.8, 4) is 0 Å². The second kappa shape index (κ2) is 6.86. The largest absolute Gasteiger partial charge is 0.345 e. The molecule has 1 aromatic carbocycles. The number of carbonyl (C=O) groups excluding carboxylic acids is 1. The van der Waals surface area contributed by atoms with Crippen LogP contribution in [0.1, 0.15) is 21.5 Å². The van der Waals surface area contributed by atoms with Gasteiger partial charge in [-0.3, -0.25) is 19.1 Å². The minimum Gasteiger partial charge on any atom is -0.345 e. The molecule has 1 aromatic heterocycles. The first kappa shape index (κ1) is 18.3. The molecule has 4 rings (SSSR count). The number of aryl methyl sites for hydroxylation is 1. The number of allylic oxidation sites excluding steroid dienone is 1. The molecule has 2 aromatic rings. The van der Waals surface area contributed by atoms with Crippen molar-refractivity contribution in [1.29, 1.82) is 0 Å². The predicted octanol–water partition coefficient (Wildman–Crippen LogP) is 4.41. The maximum atomic E-state index is 12.7. The number of rotatable bonds is 2. The normalized spacial score (nSPS) is 16.4. The fourth-order valence-electron chi connectivity index (χ4n) is 3.46. The molecule has 0 fully saturated rings. The number of carbonyl (C=O) groups is 1. The van der Waals surface area contributed by atoms with Crippen molar-refractivity contribution >= 4 is 50.5 Å². The molecule has 0 spiro atoms. The van der Waals surface area contributed by atoms with Gasteiger partial charge in [0.2, 0.25) is 0 Å². The van der Waals surface area contributed by atoms with E-state index in [1.807, 2.05) is 30.5 Å². The molecule has 0 saturated carbocycles. The molecule has 1 atom stereocenters. The Morgan fingerprint density at radius 2 is 2.04 bits per heavy atom. The average Bonchev–Trinajstić information content (AvgIpc) is 3.11. The van der Waals surface area contributed by atoms with Crippen LogP contribution in [0.2, 0.25) is 5.02 Å². The smallest absolute Gasteiger partial charge is 0.258 e. The Labute approximate surface area is 171 Å². The van der Waals surface area contributed by atoms with E-state index < -0.39 is 0 Å². The number of aliphatic imine (C=N–C) groups is 1. The Bertz CT molecular complexity index is 996. The molecule has 1 unspecified atom stereocenters. The summed E-state index contributed by atoms with van der Waals surface area (Å²) in [5.74, 6) is 0.00296. The van der Waals surface area contributed by atoms with Gasteiger partial charge in [0.1, 0.15) is 18.5 Å². The van der Waals surface area contributed by atoms with E-state index in [1.165, 1.54) is 0 Å². The summed E-state index contributed by atoms with van der Waals surface area (Å²) in [5, 5.41) is 3.81. The van der Waals surface area contributed by atoms with Crippen LogP contribution in [-0.4, -0.2) is 41.7 Å². The van der Waals surface area contributed by atoms with Crippen LogP contribution in [0.3, 0.4) is 0 Å². The van der Waals surface area contributed by atoms with Crippen LogP contribution in [0.4, 0.5) is 5.00 Å². The quantitative estimate of drug-likeness (QED) is 0.532. The van der Waals surface area contributed by atoms with Gasteiger partial charge in [0.05, 0.1) is 28.5 Å². The minimum atomic E-state index is -0.206. The average molecular weight is 422 g/mol. The first-order valence-electron chi connectivity index (χ1n) is 8.41. The van der Waals surface area contributed by atoms with Gasteiger partial charge in [0.25, 0.3) is 10.9 Å². The Morgan fingerprint density at radius 3 is 2.74 bits per heavy atom. The zero-order valence-corrected chi connectivity index (χ0v) is 17.6. The van der Waals surface area contributed by atoms with E-state index >= 15 is 0 Å². The van der Waals surface area contributed by atoms with Crippen LogP contribution in [-0.2, 0) is 12.8 Å². The van der Waals surface area contributed by atoms with E-state index in [4.69, 9.17) is 28.4 Å². The van der Waals surface area contributed by atoms with Crippen LogP contribution in [0.5, 0.6) is 0 Å². The maximum Gasteiger partial charge on any atom is 0.258 e. The SMILES string of the molecule is CN(C)C(=O)c1c[s+](C)c2c1CN=C(c1ccccc1Cl)C1=CN(Cl)CN12. The molecule has 8 heteroatoms. The Hall–Kier alpha value is -2.02. The summed E-state index contributed by atoms with van der Waals surface area (Å²) in [7, 11) is 3.33. The minimum absolute atomic E-state index is 0.00296. The highest BCUT2D eigenvalue weighted by Crippen LogP contribution is 2.45. The van der Waals surface area contributed by atoms with E-state index in [0.717, 1.165) is 33.1 Å². The zero-order chi connectivity index (χ0) is 19.3. The Balaban J connectivity index is 1.91. The molecule has 0 saturated heterocycles. The van der Waals surface area contributed by atoms with Gasteiger partial charge in [-0.2, -0.15) is 0 Å². The molecule has 5 nitrogen and oxygen atoms in total. The van der Waals surface area contributed by atoms with Crippen molar-refractivity contribution in [3.05, 3.63) is 63.3 Å². The van der Waals surface area contributed by atoms with Crippen LogP contribution in [0.15, 0.2) is 46.5 Å². The monoisotopic (exact) mass is 421 g/mol. The number of halogens is 2. The van der Waals surface area contributed by atoms with Crippen LogP contribution < -0.4 is 4.90 Å². The molecular weight excluding hydrogens is 403 g/mol. The lowest BCUT2D eigenvalue weighted by Crippen LogP contribution is -2.26. The number of fused-ring (bicyclic) bond motifs is 3. The number of thiophene rings is 1. The van der Waals surface area contributed by atoms with E-state index in [1.54, 1.807) is 23.4 Å². The molecule has 27 heavy (non-hydrogen) atoms. The van der Waals surface area contributed by atoms with Gasteiger partial charge < -0.3 is 4.90 Å². The first-order chi connectivity index (χ1) is 12.9. The second-order valence-electron chi connectivity index (χ2n) is 6.70. The summed E-state index contributed by atoms with van der Waals surface area (Å²) < 4.78 is 1.61. The standard InChI is InChI=1S/C19H19Cl2N4OS/c1-23(2)18(26)14-10-27(3)19-13(14)8-22-17(12-6-4-5-7-15(12)20)16-9-24(21)11-25(16)19/h4-7,9-10H,8,11H2,1-3H3/q+1. The molecular formula is C19H19Cl2N4OS+. The number of nitrogens with zero attached hydrogens (tertiary/aromatic N) is 4. The van der Waals surface area contributed by atoms with Gasteiger partial charge in [-0.05, 0) is 16.5 Å². The van der Waals surface area contributed by atoms with Gasteiger partial charge in [-0.25, -0.2) is 0 Å². The summed E-state index contributed by atoms with van der Waals surface area (Å²) in [6, 6.07) is 7.66. The van der Waals surface area contributed by atoms with Crippen molar-refractivity contribution in [2.45, 2.75) is 6.54 Å². The molecule has 2 aliphatic rings. The fourth-order valence-corrected chi connectivity index (χ4v) is 5.66. The molecule has 2 aliphatic heterocycles. The number of anilines is 1. The molecule has 1 amide bonds. The lowest BCUT2D eigenvalue weighted by atomic mass is 10.1. The summed E-state index contributed by atoms with van der Waals surface area (Å²) in [6.45, 7) is 0.947. The predicted molar refractivity (Wildman–Crippen MR) is 113 cm³/mol. The van der Waals surface area contributed by atoms with Gasteiger partial charge in [0.15, 0.2) is 5.38 Å². The fraction of sp³-hybridized carbons (Fsp3) is 0.263. The number of amides is 1. The van der Waals surface area contributed by atoms with Crippen LogP contribution in [0.25, 0.3) is 0 Å². The zero-order valence-electron chi connectivity index (χ0n) is 15.2. The molecule has 0 bridgehead atoms.